The monoisotopic (exact) mass is 371 g/mol. The van der Waals surface area contributed by atoms with Crippen molar-refractivity contribution in [1.82, 2.24) is 15.2 Å². The lowest BCUT2D eigenvalue weighted by Gasteiger charge is -2.10. The molecule has 2 rings (SSSR count). The maximum atomic E-state index is 11.6. The van der Waals surface area contributed by atoms with E-state index in [0.717, 1.165) is 13.0 Å². The first-order chi connectivity index (χ1) is 11.4. The molecule has 2 aromatic rings. The molecule has 0 aliphatic rings. The first kappa shape index (κ1) is 18.6. The molecule has 2 N–H and O–H groups in total. The van der Waals surface area contributed by atoms with E-state index in [1.165, 1.54) is 6.07 Å². The topological polar surface area (TPSA) is 74.7 Å². The first-order valence-corrected chi connectivity index (χ1v) is 8.16. The molecule has 1 aromatic carbocycles. The molecule has 0 saturated carbocycles. The van der Waals surface area contributed by atoms with Crippen molar-refractivity contribution in [2.45, 2.75) is 13.0 Å². The number of phenols is 1. The minimum absolute atomic E-state index is 0.0149. The Labute approximate surface area is 150 Å². The van der Waals surface area contributed by atoms with Crippen molar-refractivity contribution >= 4 is 40.2 Å². The number of rotatable bonds is 6. The second kappa shape index (κ2) is 8.37. The van der Waals surface area contributed by atoms with Gasteiger partial charge in [0.15, 0.2) is 5.75 Å². The van der Waals surface area contributed by atoms with E-state index in [4.69, 9.17) is 27.9 Å². The fourth-order valence-corrected chi connectivity index (χ4v) is 2.62. The van der Waals surface area contributed by atoms with Crippen molar-refractivity contribution in [3.63, 3.8) is 0 Å². The van der Waals surface area contributed by atoms with E-state index >= 15 is 0 Å². The Bertz CT molecular complexity index is 738. The van der Waals surface area contributed by atoms with Gasteiger partial charge < -0.3 is 20.1 Å². The molecule has 130 valence electrons. The minimum Gasteiger partial charge on any atom is -0.504 e. The number of halogens is 2. The van der Waals surface area contributed by atoms with E-state index in [1.54, 1.807) is 12.1 Å². The molecule has 0 fully saturated rings. The number of carbonyl (C=O) groups excluding carboxylic acids is 1. The van der Waals surface area contributed by atoms with Gasteiger partial charge in [0.2, 0.25) is 0 Å². The summed E-state index contributed by atoms with van der Waals surface area (Å²) in [6, 6.07) is 4.84. The van der Waals surface area contributed by atoms with Crippen LogP contribution < -0.4 is 5.32 Å². The van der Waals surface area contributed by atoms with E-state index in [2.05, 4.69) is 10.3 Å². The number of phenolic OH excluding ortho intramolecular Hbond substituents is 1. The van der Waals surface area contributed by atoms with E-state index < -0.39 is 6.09 Å². The molecule has 6 nitrogen and oxygen atoms in total. The van der Waals surface area contributed by atoms with Gasteiger partial charge in [-0.25, -0.2) is 9.78 Å². The molecule has 1 aromatic heterocycles. The summed E-state index contributed by atoms with van der Waals surface area (Å²) in [6.07, 6.45) is 0.324. The van der Waals surface area contributed by atoms with Gasteiger partial charge in [0.05, 0.1) is 15.7 Å². The first-order valence-electron chi connectivity index (χ1n) is 7.40. The molecular weight excluding hydrogens is 353 g/mol. The van der Waals surface area contributed by atoms with Crippen molar-refractivity contribution in [2.24, 2.45) is 0 Å². The van der Waals surface area contributed by atoms with Crippen LogP contribution in [0.15, 0.2) is 18.2 Å². The molecule has 1 heterocycles. The molecule has 0 atom stereocenters. The average molecular weight is 372 g/mol. The van der Waals surface area contributed by atoms with E-state index in [0.29, 0.717) is 22.6 Å². The van der Waals surface area contributed by atoms with Crippen LogP contribution in [-0.2, 0) is 11.3 Å². The number of carbonyl (C=O) groups is 1. The highest BCUT2D eigenvalue weighted by Crippen LogP contribution is 2.36. The summed E-state index contributed by atoms with van der Waals surface area (Å²) in [5.74, 6) is -0.147. The fraction of sp³-hybridized carbons (Fsp3) is 0.375. The Morgan fingerprint density at radius 3 is 2.79 bits per heavy atom. The largest absolute Gasteiger partial charge is 0.504 e. The smallest absolute Gasteiger partial charge is 0.407 e. The van der Waals surface area contributed by atoms with Crippen LogP contribution in [0, 0.1) is 0 Å². The number of aromatic nitrogens is 1. The highest BCUT2D eigenvalue weighted by Gasteiger charge is 2.12. The van der Waals surface area contributed by atoms with Crippen molar-refractivity contribution < 1.29 is 14.6 Å². The second-order valence-electron chi connectivity index (χ2n) is 5.55. The summed E-state index contributed by atoms with van der Waals surface area (Å²) in [6.45, 7) is 1.40. The van der Waals surface area contributed by atoms with Crippen molar-refractivity contribution in [1.29, 1.82) is 0 Å². The third-order valence-electron chi connectivity index (χ3n) is 3.32. The van der Waals surface area contributed by atoms with Gasteiger partial charge in [-0.2, -0.15) is 0 Å². The highest BCUT2D eigenvalue weighted by atomic mass is 35.5. The van der Waals surface area contributed by atoms with Crippen LogP contribution >= 0.6 is 23.2 Å². The Morgan fingerprint density at radius 2 is 2.08 bits per heavy atom. The third kappa shape index (κ3) is 4.87. The standard InChI is InChI=1S/C16H19Cl2N3O3/c1-21(2)7-3-6-19-16(23)24-9-10-4-5-11-12(17)8-13(18)15(22)14(11)20-10/h4-5,8,22H,3,6-7,9H2,1-2H3,(H,19,23). The summed E-state index contributed by atoms with van der Waals surface area (Å²) in [5.41, 5.74) is 0.763. The van der Waals surface area contributed by atoms with Gasteiger partial charge in [0.25, 0.3) is 0 Å². The quantitative estimate of drug-likeness (QED) is 0.760. The number of ether oxygens (including phenoxy) is 1. The number of fused-ring (bicyclic) bond motifs is 1. The average Bonchev–Trinajstić information content (AvgIpc) is 2.54. The van der Waals surface area contributed by atoms with Crippen molar-refractivity contribution in [2.75, 3.05) is 27.2 Å². The maximum absolute atomic E-state index is 11.6. The normalized spacial score (nSPS) is 11.0. The van der Waals surface area contributed by atoms with E-state index in [9.17, 15) is 9.90 Å². The van der Waals surface area contributed by atoms with Gasteiger partial charge in [-0.15, -0.1) is 0 Å². The molecule has 0 bridgehead atoms. The summed E-state index contributed by atoms with van der Waals surface area (Å²) in [7, 11) is 3.94. The van der Waals surface area contributed by atoms with Crippen LogP contribution in [0.2, 0.25) is 10.0 Å². The Hall–Kier alpha value is -1.76. The predicted octanol–water partition coefficient (Wildman–Crippen LogP) is 3.43. The van der Waals surface area contributed by atoms with Gasteiger partial charge in [-0.05, 0) is 45.3 Å². The summed E-state index contributed by atoms with van der Waals surface area (Å²) < 4.78 is 5.11. The zero-order valence-electron chi connectivity index (χ0n) is 13.5. The lowest BCUT2D eigenvalue weighted by Crippen LogP contribution is -2.27. The van der Waals surface area contributed by atoms with Crippen molar-refractivity contribution in [3.05, 3.63) is 33.9 Å². The molecule has 8 heteroatoms. The maximum Gasteiger partial charge on any atom is 0.407 e. The highest BCUT2D eigenvalue weighted by molar-refractivity contribution is 6.39. The Kier molecular flexibility index (Phi) is 6.48. The predicted molar refractivity (Wildman–Crippen MR) is 94.8 cm³/mol. The van der Waals surface area contributed by atoms with Gasteiger partial charge in [-0.3, -0.25) is 0 Å². The zero-order chi connectivity index (χ0) is 17.7. The molecule has 0 unspecified atom stereocenters. The lowest BCUT2D eigenvalue weighted by atomic mass is 10.2. The lowest BCUT2D eigenvalue weighted by molar-refractivity contribution is 0.138. The number of nitrogens with one attached hydrogen (secondary N) is 1. The van der Waals surface area contributed by atoms with Crippen LogP contribution in [0.1, 0.15) is 12.1 Å². The summed E-state index contributed by atoms with van der Waals surface area (Å²) in [5, 5.41) is 13.8. The molecule has 1 amide bonds. The van der Waals surface area contributed by atoms with Crippen LogP contribution in [0.25, 0.3) is 10.9 Å². The number of hydrogen-bond acceptors (Lipinski definition) is 5. The van der Waals surface area contributed by atoms with Crippen LogP contribution in [0.5, 0.6) is 5.75 Å². The number of benzene rings is 1. The van der Waals surface area contributed by atoms with E-state index in [1.807, 2.05) is 19.0 Å². The SMILES string of the molecule is CN(C)CCCNC(=O)OCc1ccc2c(Cl)cc(Cl)c(O)c2n1. The fourth-order valence-electron chi connectivity index (χ4n) is 2.10. The van der Waals surface area contributed by atoms with Crippen molar-refractivity contribution in [3.8, 4) is 5.75 Å². The molecule has 0 aliphatic heterocycles. The third-order valence-corrected chi connectivity index (χ3v) is 3.92. The zero-order valence-corrected chi connectivity index (χ0v) is 15.0. The van der Waals surface area contributed by atoms with Gasteiger partial charge in [0, 0.05) is 11.9 Å². The van der Waals surface area contributed by atoms with E-state index in [-0.39, 0.29) is 22.9 Å². The Morgan fingerprint density at radius 1 is 1.33 bits per heavy atom. The number of alkyl carbamates (subject to hydrolysis) is 1. The summed E-state index contributed by atoms with van der Waals surface area (Å²) >= 11 is 12.0. The Balaban J connectivity index is 1.96. The van der Waals surface area contributed by atoms with Gasteiger partial charge >= 0.3 is 6.09 Å². The van der Waals surface area contributed by atoms with Crippen LogP contribution in [0.3, 0.4) is 0 Å². The molecule has 0 aliphatic carbocycles. The molecule has 24 heavy (non-hydrogen) atoms. The van der Waals surface area contributed by atoms with Crippen LogP contribution in [-0.4, -0.2) is 48.3 Å². The second-order valence-corrected chi connectivity index (χ2v) is 6.36. The van der Waals surface area contributed by atoms with Crippen LogP contribution in [0.4, 0.5) is 4.79 Å². The summed E-state index contributed by atoms with van der Waals surface area (Å²) in [4.78, 5) is 17.9. The molecule has 0 spiro atoms. The molecular formula is C16H19Cl2N3O3. The molecule has 0 saturated heterocycles. The minimum atomic E-state index is -0.510. The van der Waals surface area contributed by atoms with Gasteiger partial charge in [-0.1, -0.05) is 23.2 Å². The number of hydrogen-bond donors (Lipinski definition) is 2. The number of aromatic hydroxyl groups is 1. The number of nitrogens with zero attached hydrogens (tertiary/aromatic N) is 2. The molecule has 0 radical (unpaired) electrons. The number of pyridine rings is 1. The number of amides is 1. The van der Waals surface area contributed by atoms with Gasteiger partial charge in [0.1, 0.15) is 12.1 Å².